The second-order valence-electron chi connectivity index (χ2n) is 4.49. The van der Waals surface area contributed by atoms with Gasteiger partial charge in [-0.1, -0.05) is 6.58 Å². The molecule has 2 rings (SSSR count). The maximum atomic E-state index is 12.0. The Hall–Kier alpha value is -0.870. The maximum absolute atomic E-state index is 12.0. The van der Waals surface area contributed by atoms with Crippen LogP contribution in [-0.2, 0) is 9.53 Å². The molecule has 2 saturated heterocycles. The number of ether oxygens (including phenoxy) is 1. The van der Waals surface area contributed by atoms with E-state index in [9.17, 15) is 4.79 Å². The minimum Gasteiger partial charge on any atom is -0.379 e. The number of amides is 1. The van der Waals surface area contributed by atoms with E-state index in [0.29, 0.717) is 6.54 Å². The molecule has 0 atom stereocenters. The monoisotopic (exact) mass is 224 g/mol. The van der Waals surface area contributed by atoms with Gasteiger partial charge < -0.3 is 9.64 Å². The summed E-state index contributed by atoms with van der Waals surface area (Å²) >= 11 is 0. The number of carbonyl (C=O) groups is 1. The lowest BCUT2D eigenvalue weighted by Crippen LogP contribution is -2.40. The first kappa shape index (κ1) is 11.6. The second-order valence-corrected chi connectivity index (χ2v) is 4.49. The summed E-state index contributed by atoms with van der Waals surface area (Å²) in [6.45, 7) is 9.78. The molecule has 0 aromatic heterocycles. The van der Waals surface area contributed by atoms with Crippen molar-refractivity contribution >= 4 is 5.91 Å². The Bertz CT molecular complexity index is 266. The van der Waals surface area contributed by atoms with Crippen molar-refractivity contribution in [1.82, 2.24) is 9.80 Å². The summed E-state index contributed by atoms with van der Waals surface area (Å²) < 4.78 is 5.27. The van der Waals surface area contributed by atoms with Crippen molar-refractivity contribution in [3.05, 3.63) is 12.2 Å². The number of rotatable bonds is 3. The second kappa shape index (κ2) is 5.46. The highest BCUT2D eigenvalue weighted by atomic mass is 16.5. The van der Waals surface area contributed by atoms with E-state index in [0.717, 1.165) is 57.8 Å². The molecule has 0 spiro atoms. The summed E-state index contributed by atoms with van der Waals surface area (Å²) in [5, 5.41) is 0. The molecule has 0 aromatic rings. The van der Waals surface area contributed by atoms with Crippen LogP contribution in [-0.4, -0.2) is 61.6 Å². The van der Waals surface area contributed by atoms with E-state index < -0.39 is 0 Å². The van der Waals surface area contributed by atoms with Crippen molar-refractivity contribution in [3.63, 3.8) is 0 Å². The van der Waals surface area contributed by atoms with Gasteiger partial charge in [-0.25, -0.2) is 0 Å². The molecule has 0 aliphatic carbocycles. The zero-order valence-electron chi connectivity index (χ0n) is 9.78. The number of nitrogens with zero attached hydrogens (tertiary/aromatic N) is 2. The van der Waals surface area contributed by atoms with Crippen molar-refractivity contribution in [2.75, 3.05) is 45.9 Å². The highest BCUT2D eigenvalue weighted by Crippen LogP contribution is 2.12. The molecule has 90 valence electrons. The van der Waals surface area contributed by atoms with Crippen LogP contribution >= 0.6 is 0 Å². The van der Waals surface area contributed by atoms with Crippen molar-refractivity contribution in [3.8, 4) is 0 Å². The topological polar surface area (TPSA) is 32.8 Å². The average Bonchev–Trinajstić information content (AvgIpc) is 2.83. The van der Waals surface area contributed by atoms with Gasteiger partial charge in [-0.2, -0.15) is 0 Å². The Morgan fingerprint density at radius 2 is 1.75 bits per heavy atom. The lowest BCUT2D eigenvalue weighted by Gasteiger charge is -2.28. The summed E-state index contributed by atoms with van der Waals surface area (Å²) in [6, 6.07) is 0. The fourth-order valence-electron chi connectivity index (χ4n) is 2.24. The quantitative estimate of drug-likeness (QED) is 0.654. The van der Waals surface area contributed by atoms with Crippen LogP contribution in [0.3, 0.4) is 0 Å². The van der Waals surface area contributed by atoms with Gasteiger partial charge in [0.2, 0.25) is 5.91 Å². The van der Waals surface area contributed by atoms with Gasteiger partial charge in [0.1, 0.15) is 0 Å². The standard InChI is InChI=1S/C12H20N2O2/c1-11(10-13-6-8-16-9-7-13)12(15)14-4-2-3-5-14/h1-10H2. The van der Waals surface area contributed by atoms with Gasteiger partial charge in [-0.3, -0.25) is 9.69 Å². The van der Waals surface area contributed by atoms with Crippen LogP contribution in [0.1, 0.15) is 12.8 Å². The van der Waals surface area contributed by atoms with Gasteiger partial charge in [0.25, 0.3) is 0 Å². The molecule has 2 aliphatic heterocycles. The van der Waals surface area contributed by atoms with E-state index in [2.05, 4.69) is 11.5 Å². The summed E-state index contributed by atoms with van der Waals surface area (Å²) in [5.74, 6) is 0.143. The Kier molecular flexibility index (Phi) is 3.96. The Morgan fingerprint density at radius 1 is 1.12 bits per heavy atom. The molecule has 0 aromatic carbocycles. The van der Waals surface area contributed by atoms with Crippen LogP contribution in [0.4, 0.5) is 0 Å². The summed E-state index contributed by atoms with van der Waals surface area (Å²) in [4.78, 5) is 16.1. The molecular weight excluding hydrogens is 204 g/mol. The molecule has 4 heteroatoms. The average molecular weight is 224 g/mol. The van der Waals surface area contributed by atoms with Crippen LogP contribution in [0.2, 0.25) is 0 Å². The third-order valence-electron chi connectivity index (χ3n) is 3.21. The fraction of sp³-hybridized carbons (Fsp3) is 0.750. The molecule has 0 radical (unpaired) electrons. The van der Waals surface area contributed by atoms with Crippen molar-refractivity contribution < 1.29 is 9.53 Å². The normalized spacial score (nSPS) is 22.4. The molecule has 4 nitrogen and oxygen atoms in total. The number of likely N-dealkylation sites (tertiary alicyclic amines) is 1. The molecule has 2 heterocycles. The van der Waals surface area contributed by atoms with Gasteiger partial charge in [0.05, 0.1) is 13.2 Å². The highest BCUT2D eigenvalue weighted by molar-refractivity contribution is 5.93. The zero-order chi connectivity index (χ0) is 11.4. The molecule has 0 saturated carbocycles. The molecule has 2 fully saturated rings. The predicted octanol–water partition coefficient (Wildman–Crippen LogP) is 0.497. The number of hydrogen-bond donors (Lipinski definition) is 0. The lowest BCUT2D eigenvalue weighted by molar-refractivity contribution is -0.126. The van der Waals surface area contributed by atoms with Crippen LogP contribution in [0.15, 0.2) is 12.2 Å². The molecule has 1 amide bonds. The molecule has 0 unspecified atom stereocenters. The van der Waals surface area contributed by atoms with E-state index in [1.807, 2.05) is 4.90 Å². The first-order valence-corrected chi connectivity index (χ1v) is 6.04. The largest absolute Gasteiger partial charge is 0.379 e. The maximum Gasteiger partial charge on any atom is 0.250 e. The van der Waals surface area contributed by atoms with Gasteiger partial charge in [0.15, 0.2) is 0 Å². The van der Waals surface area contributed by atoms with Gasteiger partial charge in [0, 0.05) is 38.3 Å². The van der Waals surface area contributed by atoms with E-state index in [1.54, 1.807) is 0 Å². The molecule has 0 N–H and O–H groups in total. The summed E-state index contributed by atoms with van der Waals surface area (Å²) in [5.41, 5.74) is 0.726. The van der Waals surface area contributed by atoms with Crippen molar-refractivity contribution in [2.24, 2.45) is 0 Å². The Labute approximate surface area is 96.8 Å². The number of carbonyl (C=O) groups excluding carboxylic acids is 1. The Morgan fingerprint density at radius 3 is 2.38 bits per heavy atom. The predicted molar refractivity (Wildman–Crippen MR) is 62.2 cm³/mol. The van der Waals surface area contributed by atoms with E-state index >= 15 is 0 Å². The number of hydrogen-bond acceptors (Lipinski definition) is 3. The van der Waals surface area contributed by atoms with Crippen LogP contribution < -0.4 is 0 Å². The SMILES string of the molecule is C=C(CN1CCOCC1)C(=O)N1CCCC1. The van der Waals surface area contributed by atoms with Gasteiger partial charge >= 0.3 is 0 Å². The van der Waals surface area contributed by atoms with Gasteiger partial charge in [-0.05, 0) is 12.8 Å². The smallest absolute Gasteiger partial charge is 0.250 e. The van der Waals surface area contributed by atoms with Gasteiger partial charge in [-0.15, -0.1) is 0 Å². The number of morpholine rings is 1. The molecule has 0 bridgehead atoms. The van der Waals surface area contributed by atoms with E-state index in [4.69, 9.17) is 4.74 Å². The zero-order valence-corrected chi connectivity index (χ0v) is 9.78. The Balaban J connectivity index is 1.79. The minimum atomic E-state index is 0.143. The third-order valence-corrected chi connectivity index (χ3v) is 3.21. The van der Waals surface area contributed by atoms with Crippen LogP contribution in [0, 0.1) is 0 Å². The third kappa shape index (κ3) is 2.83. The highest BCUT2D eigenvalue weighted by Gasteiger charge is 2.22. The van der Waals surface area contributed by atoms with Crippen LogP contribution in [0.25, 0.3) is 0 Å². The fourth-order valence-corrected chi connectivity index (χ4v) is 2.24. The van der Waals surface area contributed by atoms with Crippen LogP contribution in [0.5, 0.6) is 0 Å². The summed E-state index contributed by atoms with van der Waals surface area (Å²) in [6.07, 6.45) is 2.27. The van der Waals surface area contributed by atoms with E-state index in [1.165, 1.54) is 0 Å². The lowest BCUT2D eigenvalue weighted by atomic mass is 10.2. The first-order valence-electron chi connectivity index (χ1n) is 6.04. The molecule has 16 heavy (non-hydrogen) atoms. The first-order chi connectivity index (χ1) is 7.77. The summed E-state index contributed by atoms with van der Waals surface area (Å²) in [7, 11) is 0. The molecular formula is C12H20N2O2. The van der Waals surface area contributed by atoms with Crippen molar-refractivity contribution in [1.29, 1.82) is 0 Å². The minimum absolute atomic E-state index is 0.143. The van der Waals surface area contributed by atoms with E-state index in [-0.39, 0.29) is 5.91 Å². The molecule has 2 aliphatic rings. The van der Waals surface area contributed by atoms with Crippen molar-refractivity contribution in [2.45, 2.75) is 12.8 Å².